The van der Waals surface area contributed by atoms with Crippen molar-refractivity contribution in [3.05, 3.63) is 58.8 Å². The lowest BCUT2D eigenvalue weighted by Gasteiger charge is -2.23. The van der Waals surface area contributed by atoms with Gasteiger partial charge in [0.25, 0.3) is 0 Å². The summed E-state index contributed by atoms with van der Waals surface area (Å²) < 4.78 is 0. The van der Waals surface area contributed by atoms with E-state index in [0.717, 1.165) is 42.3 Å². The molecule has 0 radical (unpaired) electrons. The molecule has 2 aliphatic carbocycles. The SMILES string of the molecule is C=O.C=O.CN.O=C(Nc1c2c(cc3c1CCC3)CCCC2)Nn1ncc2ccccc21. The number of nitrogens with zero attached hydrogens (tertiary/aromatic N) is 2. The Morgan fingerprint density at radius 3 is 2.25 bits per heavy atom. The lowest BCUT2D eigenvalue weighted by atomic mass is 9.87. The molecule has 0 saturated carbocycles. The Hall–Kier alpha value is -3.52. The molecule has 0 unspecified atom stereocenters. The number of carbonyl (C=O) groups is 3. The third kappa shape index (κ3) is 5.20. The standard InChI is InChI=1S/C21H22N4O.CH5N.2CH2O/c26-21(24-25-19-11-4-2-7-16(19)13-22-25)23-20-17-9-3-1-6-14(17)12-15-8-5-10-18(15)20;3*1-2/h2,4,7,11-13H,1,3,5-6,8-10H2,(H2,23,24,26);2H2,1H3;2*1H2. The quantitative estimate of drug-likeness (QED) is 0.568. The summed E-state index contributed by atoms with van der Waals surface area (Å²) in [5, 5.41) is 8.45. The number of hydrogen-bond donors (Lipinski definition) is 3. The van der Waals surface area contributed by atoms with Crippen molar-refractivity contribution >= 4 is 36.2 Å². The smallest absolute Gasteiger partial charge is 0.333 e. The van der Waals surface area contributed by atoms with E-state index in [1.165, 1.54) is 48.6 Å². The molecule has 4 N–H and O–H groups in total. The molecule has 0 saturated heterocycles. The molecular formula is C24H31N5O3. The first-order valence-corrected chi connectivity index (χ1v) is 10.6. The zero-order chi connectivity index (χ0) is 23.5. The fourth-order valence-electron chi connectivity index (χ4n) is 4.43. The van der Waals surface area contributed by atoms with Gasteiger partial charge in [-0.15, -0.1) is 0 Å². The number of carbonyl (C=O) groups excluding carboxylic acids is 3. The van der Waals surface area contributed by atoms with Crippen LogP contribution in [0.4, 0.5) is 10.5 Å². The van der Waals surface area contributed by atoms with Crippen LogP contribution in [0.2, 0.25) is 0 Å². The average molecular weight is 438 g/mol. The molecule has 0 aliphatic heterocycles. The molecule has 8 nitrogen and oxygen atoms in total. The van der Waals surface area contributed by atoms with Crippen molar-refractivity contribution in [2.45, 2.75) is 44.9 Å². The summed E-state index contributed by atoms with van der Waals surface area (Å²) in [4.78, 5) is 30.3. The van der Waals surface area contributed by atoms with Gasteiger partial charge in [-0.05, 0) is 80.3 Å². The van der Waals surface area contributed by atoms with E-state index in [1.807, 2.05) is 37.8 Å². The third-order valence-electron chi connectivity index (χ3n) is 5.65. The summed E-state index contributed by atoms with van der Waals surface area (Å²) in [6.07, 6.45) is 9.76. The van der Waals surface area contributed by atoms with Crippen molar-refractivity contribution in [3.8, 4) is 0 Å². The molecule has 1 aromatic heterocycles. The van der Waals surface area contributed by atoms with Gasteiger partial charge in [0.05, 0.1) is 11.7 Å². The van der Waals surface area contributed by atoms with Gasteiger partial charge in [0.2, 0.25) is 0 Å². The number of nitrogens with one attached hydrogen (secondary N) is 2. The monoisotopic (exact) mass is 437 g/mol. The number of urea groups is 1. The average Bonchev–Trinajstić information content (AvgIpc) is 3.50. The Kier molecular flexibility index (Phi) is 9.56. The van der Waals surface area contributed by atoms with Crippen molar-refractivity contribution in [1.29, 1.82) is 0 Å². The van der Waals surface area contributed by atoms with Crippen LogP contribution in [0.3, 0.4) is 0 Å². The molecule has 5 rings (SSSR count). The van der Waals surface area contributed by atoms with E-state index < -0.39 is 0 Å². The van der Waals surface area contributed by atoms with Crippen molar-refractivity contribution in [2.75, 3.05) is 17.8 Å². The van der Waals surface area contributed by atoms with Crippen LogP contribution < -0.4 is 16.5 Å². The van der Waals surface area contributed by atoms with E-state index in [-0.39, 0.29) is 6.03 Å². The van der Waals surface area contributed by atoms with Crippen LogP contribution in [-0.2, 0) is 35.3 Å². The Morgan fingerprint density at radius 2 is 1.53 bits per heavy atom. The van der Waals surface area contributed by atoms with Gasteiger partial charge >= 0.3 is 6.03 Å². The number of rotatable bonds is 2. The Labute approximate surface area is 188 Å². The first-order valence-electron chi connectivity index (χ1n) is 10.6. The second-order valence-electron chi connectivity index (χ2n) is 7.27. The summed E-state index contributed by atoms with van der Waals surface area (Å²) in [6, 6.07) is 10.0. The number of aryl methyl sites for hydroxylation is 2. The summed E-state index contributed by atoms with van der Waals surface area (Å²) >= 11 is 0. The fraction of sp³-hybridized carbons (Fsp3) is 0.333. The predicted octanol–water partition coefficient (Wildman–Crippen LogP) is 3.38. The van der Waals surface area contributed by atoms with Gasteiger partial charge in [0.1, 0.15) is 13.6 Å². The Morgan fingerprint density at radius 1 is 0.938 bits per heavy atom. The minimum absolute atomic E-state index is 0.230. The zero-order valence-corrected chi connectivity index (χ0v) is 18.5. The predicted molar refractivity (Wildman–Crippen MR) is 128 cm³/mol. The maximum Gasteiger partial charge on any atom is 0.339 e. The number of benzene rings is 2. The van der Waals surface area contributed by atoms with Crippen LogP contribution in [0, 0.1) is 0 Å². The van der Waals surface area contributed by atoms with Gasteiger partial charge in [0, 0.05) is 11.1 Å². The number of amides is 2. The van der Waals surface area contributed by atoms with Gasteiger partial charge in [-0.25, -0.2) is 10.2 Å². The summed E-state index contributed by atoms with van der Waals surface area (Å²) in [5.41, 5.74) is 14.9. The molecule has 3 aromatic rings. The molecule has 2 amide bonds. The van der Waals surface area contributed by atoms with Crippen LogP contribution in [0.1, 0.15) is 41.5 Å². The number of para-hydroxylation sites is 1. The third-order valence-corrected chi connectivity index (χ3v) is 5.65. The van der Waals surface area contributed by atoms with Gasteiger partial charge in [-0.3, -0.25) is 0 Å². The zero-order valence-electron chi connectivity index (χ0n) is 18.5. The van der Waals surface area contributed by atoms with E-state index >= 15 is 0 Å². The topological polar surface area (TPSA) is 119 Å². The highest BCUT2D eigenvalue weighted by molar-refractivity contribution is 5.97. The minimum Gasteiger partial charge on any atom is -0.333 e. The fourth-order valence-corrected chi connectivity index (χ4v) is 4.43. The minimum atomic E-state index is -0.230. The number of hydrogen-bond acceptors (Lipinski definition) is 5. The highest BCUT2D eigenvalue weighted by Gasteiger charge is 2.24. The van der Waals surface area contributed by atoms with Crippen molar-refractivity contribution < 1.29 is 14.4 Å². The highest BCUT2D eigenvalue weighted by atomic mass is 16.2. The first kappa shape index (κ1) is 24.7. The van der Waals surface area contributed by atoms with E-state index in [9.17, 15) is 4.79 Å². The normalized spacial score (nSPS) is 13.1. The van der Waals surface area contributed by atoms with Crippen LogP contribution >= 0.6 is 0 Å². The van der Waals surface area contributed by atoms with Crippen LogP contribution in [0.25, 0.3) is 10.9 Å². The summed E-state index contributed by atoms with van der Waals surface area (Å²) in [7, 11) is 1.50. The Bertz CT molecular complexity index is 1050. The van der Waals surface area contributed by atoms with Gasteiger partial charge in [0.15, 0.2) is 0 Å². The van der Waals surface area contributed by atoms with Crippen molar-refractivity contribution in [1.82, 2.24) is 9.89 Å². The van der Waals surface area contributed by atoms with E-state index in [4.69, 9.17) is 9.59 Å². The molecule has 8 heteroatoms. The van der Waals surface area contributed by atoms with Gasteiger partial charge < -0.3 is 20.6 Å². The van der Waals surface area contributed by atoms with Crippen LogP contribution in [0.5, 0.6) is 0 Å². The number of nitrogens with two attached hydrogens (primary N) is 1. The molecular weight excluding hydrogens is 406 g/mol. The molecule has 170 valence electrons. The molecule has 2 aliphatic rings. The van der Waals surface area contributed by atoms with Gasteiger partial charge in [-0.2, -0.15) is 9.89 Å². The molecule has 0 fully saturated rings. The Balaban J connectivity index is 0.000000561. The first-order chi connectivity index (χ1) is 15.8. The second-order valence-corrected chi connectivity index (χ2v) is 7.27. The number of anilines is 1. The van der Waals surface area contributed by atoms with Crippen molar-refractivity contribution in [3.63, 3.8) is 0 Å². The van der Waals surface area contributed by atoms with Crippen molar-refractivity contribution in [2.24, 2.45) is 5.73 Å². The number of aromatic nitrogens is 2. The molecule has 1 heterocycles. The lowest BCUT2D eigenvalue weighted by molar-refractivity contribution is -0.0987. The number of fused-ring (bicyclic) bond motifs is 3. The molecule has 0 bridgehead atoms. The second kappa shape index (κ2) is 12.4. The maximum atomic E-state index is 12.7. The molecule has 0 spiro atoms. The molecule has 2 aromatic carbocycles. The molecule has 0 atom stereocenters. The summed E-state index contributed by atoms with van der Waals surface area (Å²) in [6.45, 7) is 4.00. The molecule has 32 heavy (non-hydrogen) atoms. The van der Waals surface area contributed by atoms with Gasteiger partial charge in [-0.1, -0.05) is 24.3 Å². The van der Waals surface area contributed by atoms with Crippen LogP contribution in [0.15, 0.2) is 36.5 Å². The highest BCUT2D eigenvalue weighted by Crippen LogP contribution is 2.37. The van der Waals surface area contributed by atoms with E-state index in [0.29, 0.717) is 0 Å². The van der Waals surface area contributed by atoms with Crippen LogP contribution in [-0.4, -0.2) is 36.5 Å². The van der Waals surface area contributed by atoms with E-state index in [1.54, 1.807) is 11.0 Å². The van der Waals surface area contributed by atoms with E-state index in [2.05, 4.69) is 27.6 Å². The lowest BCUT2D eigenvalue weighted by Crippen LogP contribution is -2.29. The largest absolute Gasteiger partial charge is 0.339 e. The maximum absolute atomic E-state index is 12.7. The summed E-state index contributed by atoms with van der Waals surface area (Å²) in [5.74, 6) is 0.